The molecule has 0 spiro atoms. The van der Waals surface area contributed by atoms with E-state index in [1.165, 1.54) is 7.05 Å². The predicted molar refractivity (Wildman–Crippen MR) is 96.6 cm³/mol. The number of nitrogens with one attached hydrogen (secondary N) is 1. The average molecular weight is 402 g/mol. The minimum absolute atomic E-state index is 0.0109. The molecule has 10 heteroatoms. The molecular formula is C18H30N2O8. The zero-order valence-electron chi connectivity index (χ0n) is 16.3. The summed E-state index contributed by atoms with van der Waals surface area (Å²) in [5.74, 6) is -1.18. The van der Waals surface area contributed by atoms with Crippen molar-refractivity contribution in [3.8, 4) is 0 Å². The molecule has 1 fully saturated rings. The minimum atomic E-state index is -0.639. The van der Waals surface area contributed by atoms with Gasteiger partial charge >= 0.3 is 5.97 Å². The fraction of sp³-hybridized carbons (Fsp3) is 0.778. The SMILES string of the molecule is CN(OC(=O)CCCCC(=O)NCCOC1OCCCC1O)C(=O)CCC=O. The molecule has 2 atom stereocenters. The molecule has 0 aromatic carbocycles. The Morgan fingerprint density at radius 2 is 2.00 bits per heavy atom. The molecule has 2 amide bonds. The van der Waals surface area contributed by atoms with Gasteiger partial charge in [0.05, 0.1) is 6.61 Å². The van der Waals surface area contributed by atoms with Crippen LogP contribution in [0.25, 0.3) is 0 Å². The molecule has 10 nitrogen and oxygen atoms in total. The number of aliphatic hydroxyl groups is 1. The summed E-state index contributed by atoms with van der Waals surface area (Å²) in [7, 11) is 1.32. The highest BCUT2D eigenvalue weighted by Crippen LogP contribution is 2.14. The van der Waals surface area contributed by atoms with Crippen LogP contribution in [0.5, 0.6) is 0 Å². The number of rotatable bonds is 12. The largest absolute Gasteiger partial charge is 0.388 e. The Morgan fingerprint density at radius 1 is 1.25 bits per heavy atom. The van der Waals surface area contributed by atoms with Gasteiger partial charge in [0.1, 0.15) is 12.4 Å². The van der Waals surface area contributed by atoms with Crippen LogP contribution >= 0.6 is 0 Å². The van der Waals surface area contributed by atoms with E-state index in [2.05, 4.69) is 5.32 Å². The minimum Gasteiger partial charge on any atom is -0.388 e. The molecule has 1 saturated heterocycles. The molecule has 2 unspecified atom stereocenters. The van der Waals surface area contributed by atoms with Crippen LogP contribution in [-0.4, -0.2) is 73.4 Å². The predicted octanol–water partition coefficient (Wildman–Crippen LogP) is 0.0727. The summed E-state index contributed by atoms with van der Waals surface area (Å²) < 4.78 is 10.7. The molecule has 0 aromatic rings. The molecular weight excluding hydrogens is 372 g/mol. The number of ether oxygens (including phenoxy) is 2. The average Bonchev–Trinajstić information content (AvgIpc) is 2.67. The van der Waals surface area contributed by atoms with Crippen molar-refractivity contribution in [3.63, 3.8) is 0 Å². The third kappa shape index (κ3) is 10.3. The van der Waals surface area contributed by atoms with Gasteiger partial charge in [-0.15, -0.1) is 0 Å². The van der Waals surface area contributed by atoms with E-state index < -0.39 is 24.3 Å². The Balaban J connectivity index is 2.02. The highest BCUT2D eigenvalue weighted by molar-refractivity contribution is 5.79. The van der Waals surface area contributed by atoms with Gasteiger partial charge in [0.25, 0.3) is 5.91 Å². The molecule has 28 heavy (non-hydrogen) atoms. The van der Waals surface area contributed by atoms with Gasteiger partial charge in [-0.25, -0.2) is 4.79 Å². The number of hydrogen-bond acceptors (Lipinski definition) is 8. The number of carbonyl (C=O) groups is 4. The van der Waals surface area contributed by atoms with Crippen LogP contribution in [0.4, 0.5) is 0 Å². The van der Waals surface area contributed by atoms with Crippen molar-refractivity contribution in [1.82, 2.24) is 10.4 Å². The quantitative estimate of drug-likeness (QED) is 0.266. The number of aliphatic hydroxyl groups excluding tert-OH is 1. The van der Waals surface area contributed by atoms with Gasteiger partial charge in [-0.3, -0.25) is 9.59 Å². The summed E-state index contributed by atoms with van der Waals surface area (Å²) in [6.07, 6.45) is 2.14. The van der Waals surface area contributed by atoms with Crippen molar-refractivity contribution >= 4 is 24.1 Å². The van der Waals surface area contributed by atoms with Crippen LogP contribution in [-0.2, 0) is 33.5 Å². The van der Waals surface area contributed by atoms with Crippen LogP contribution in [0.2, 0.25) is 0 Å². The van der Waals surface area contributed by atoms with Crippen molar-refractivity contribution in [2.24, 2.45) is 0 Å². The molecule has 0 aromatic heterocycles. The lowest BCUT2D eigenvalue weighted by Gasteiger charge is -2.27. The number of hydroxylamine groups is 2. The first-order valence-electron chi connectivity index (χ1n) is 9.53. The maximum absolute atomic E-state index is 11.7. The number of carbonyl (C=O) groups excluding carboxylic acids is 4. The fourth-order valence-electron chi connectivity index (χ4n) is 2.50. The Kier molecular flexibility index (Phi) is 12.0. The molecule has 0 bridgehead atoms. The van der Waals surface area contributed by atoms with E-state index >= 15 is 0 Å². The molecule has 160 valence electrons. The van der Waals surface area contributed by atoms with E-state index in [9.17, 15) is 24.3 Å². The van der Waals surface area contributed by atoms with Crippen molar-refractivity contribution in [3.05, 3.63) is 0 Å². The summed E-state index contributed by atoms with van der Waals surface area (Å²) in [5.41, 5.74) is 0. The number of hydrogen-bond donors (Lipinski definition) is 2. The third-order valence-corrected chi connectivity index (χ3v) is 4.05. The first-order chi connectivity index (χ1) is 13.4. The second-order valence-electron chi connectivity index (χ2n) is 6.44. The van der Waals surface area contributed by atoms with E-state index in [0.29, 0.717) is 38.7 Å². The van der Waals surface area contributed by atoms with E-state index in [1.807, 2.05) is 0 Å². The lowest BCUT2D eigenvalue weighted by molar-refractivity contribution is -0.213. The fourth-order valence-corrected chi connectivity index (χ4v) is 2.50. The van der Waals surface area contributed by atoms with E-state index in [4.69, 9.17) is 14.3 Å². The summed E-state index contributed by atoms with van der Waals surface area (Å²) >= 11 is 0. The standard InChI is InChI=1S/C18H30N2O8/c1-20(16(24)8-4-11-21)28-17(25)9-3-2-7-15(23)19-10-13-27-18-14(22)6-5-12-26-18/h11,14,18,22H,2-10,12-13H2,1H3,(H,19,23). The van der Waals surface area contributed by atoms with E-state index in [1.54, 1.807) is 0 Å². The van der Waals surface area contributed by atoms with Gasteiger partial charge in [-0.05, 0) is 25.7 Å². The molecule has 2 N–H and O–H groups in total. The zero-order valence-corrected chi connectivity index (χ0v) is 16.3. The Morgan fingerprint density at radius 3 is 2.71 bits per heavy atom. The Labute approximate surface area is 164 Å². The lowest BCUT2D eigenvalue weighted by Crippen LogP contribution is -2.38. The topological polar surface area (TPSA) is 131 Å². The van der Waals surface area contributed by atoms with Gasteiger partial charge in [0.2, 0.25) is 5.91 Å². The number of aldehydes is 1. The van der Waals surface area contributed by atoms with Gasteiger partial charge in [-0.2, -0.15) is 5.06 Å². The van der Waals surface area contributed by atoms with Crippen molar-refractivity contribution in [2.75, 3.05) is 26.8 Å². The zero-order chi connectivity index (χ0) is 20.8. The number of unbranched alkanes of at least 4 members (excludes halogenated alkanes) is 1. The van der Waals surface area contributed by atoms with Crippen LogP contribution in [0, 0.1) is 0 Å². The molecule has 1 aliphatic heterocycles. The molecule has 0 aliphatic carbocycles. The van der Waals surface area contributed by atoms with Crippen LogP contribution in [0.1, 0.15) is 51.4 Å². The second-order valence-corrected chi connectivity index (χ2v) is 6.44. The van der Waals surface area contributed by atoms with Gasteiger partial charge in [-0.1, -0.05) is 0 Å². The first kappa shape index (κ1) is 24.0. The first-order valence-corrected chi connectivity index (χ1v) is 9.53. The normalized spacial score (nSPS) is 18.9. The van der Waals surface area contributed by atoms with E-state index in [-0.39, 0.29) is 38.2 Å². The summed E-state index contributed by atoms with van der Waals surface area (Å²) in [6.45, 7) is 1.10. The summed E-state index contributed by atoms with van der Waals surface area (Å²) in [6, 6.07) is 0. The van der Waals surface area contributed by atoms with E-state index in [0.717, 1.165) is 11.5 Å². The molecule has 0 radical (unpaired) electrons. The third-order valence-electron chi connectivity index (χ3n) is 4.05. The molecule has 1 rings (SSSR count). The van der Waals surface area contributed by atoms with Gasteiger partial charge in [0, 0.05) is 45.9 Å². The lowest BCUT2D eigenvalue weighted by atomic mass is 10.1. The van der Waals surface area contributed by atoms with Gasteiger partial charge < -0.3 is 29.5 Å². The van der Waals surface area contributed by atoms with Crippen molar-refractivity contribution < 1.29 is 38.6 Å². The highest BCUT2D eigenvalue weighted by atomic mass is 16.7. The van der Waals surface area contributed by atoms with Crippen LogP contribution in [0.3, 0.4) is 0 Å². The molecule has 1 aliphatic rings. The highest BCUT2D eigenvalue weighted by Gasteiger charge is 2.24. The Bertz CT molecular complexity index is 514. The van der Waals surface area contributed by atoms with Crippen LogP contribution in [0.15, 0.2) is 0 Å². The smallest absolute Gasteiger partial charge is 0.332 e. The monoisotopic (exact) mass is 402 g/mol. The van der Waals surface area contributed by atoms with Crippen molar-refractivity contribution in [2.45, 2.75) is 63.8 Å². The van der Waals surface area contributed by atoms with Crippen molar-refractivity contribution in [1.29, 1.82) is 0 Å². The Hall–Kier alpha value is -2.04. The molecule has 1 heterocycles. The van der Waals surface area contributed by atoms with Crippen LogP contribution < -0.4 is 5.32 Å². The molecule has 0 saturated carbocycles. The maximum atomic E-state index is 11.7. The number of nitrogens with zero attached hydrogens (tertiary/aromatic N) is 1. The maximum Gasteiger partial charge on any atom is 0.332 e. The second kappa shape index (κ2) is 14.0. The summed E-state index contributed by atoms with van der Waals surface area (Å²) in [5, 5.41) is 13.2. The van der Waals surface area contributed by atoms with Gasteiger partial charge in [0.15, 0.2) is 6.29 Å². The number of amides is 2. The summed E-state index contributed by atoms with van der Waals surface area (Å²) in [4.78, 5) is 49.9.